The van der Waals surface area contributed by atoms with Crippen LogP contribution in [0.4, 0.5) is 0 Å². The fourth-order valence-corrected chi connectivity index (χ4v) is 14.7. The molecule has 26 atom stereocenters. The Bertz CT molecular complexity index is 2060. The molecule has 11 saturated heterocycles. The number of aliphatic hydroxyl groups excluding tert-OH is 2. The van der Waals surface area contributed by atoms with Gasteiger partial charge >= 0.3 is 5.97 Å². The molecule has 0 bridgehead atoms. The number of nitrogens with two attached hydrogens (primary N) is 2. The number of aliphatic hydroxyl groups is 5. The van der Waals surface area contributed by atoms with Crippen molar-refractivity contribution < 1.29 is 87.2 Å². The molecule has 76 heavy (non-hydrogen) atoms. The van der Waals surface area contributed by atoms with Gasteiger partial charge in [0.05, 0.1) is 117 Å². The van der Waals surface area contributed by atoms with Gasteiger partial charge in [-0.05, 0) is 103 Å². The van der Waals surface area contributed by atoms with E-state index in [2.05, 4.69) is 25.4 Å². The predicted molar refractivity (Wildman–Crippen MR) is 268 cm³/mol. The fraction of sp³-hybridized carbons (Fsp3) is 0.909. The summed E-state index contributed by atoms with van der Waals surface area (Å²) in [6, 6.07) is -0.330. The van der Waals surface area contributed by atoms with Gasteiger partial charge < -0.3 is 93.8 Å². The second-order valence-electron chi connectivity index (χ2n) is 24.6. The van der Waals surface area contributed by atoms with Gasteiger partial charge in [0.25, 0.3) is 0 Å². The average molecular weight is 1080 g/mol. The van der Waals surface area contributed by atoms with Crippen LogP contribution >= 0.6 is 0 Å². The Morgan fingerprint density at radius 2 is 1.49 bits per heavy atom. The minimum absolute atomic E-state index is 0.0186. The number of ether oxygens (including phenoxy) is 12. The van der Waals surface area contributed by atoms with Crippen LogP contribution in [0, 0.1) is 0 Å². The summed E-state index contributed by atoms with van der Waals surface area (Å²) in [5, 5.41) is 59.8. The number of rotatable bonds is 13. The maximum atomic E-state index is 13.4. The molecular weight excluding hydrogens is 991 g/mol. The number of fused-ring (bicyclic) bond motifs is 4. The lowest BCUT2D eigenvalue weighted by atomic mass is 9.82. The molecule has 0 amide bonds. The van der Waals surface area contributed by atoms with Crippen LogP contribution in [0.3, 0.4) is 0 Å². The van der Waals surface area contributed by atoms with Gasteiger partial charge in [-0.25, -0.2) is 0 Å². The van der Waals surface area contributed by atoms with Gasteiger partial charge in [-0.15, -0.1) is 0 Å². The summed E-state index contributed by atoms with van der Waals surface area (Å²) < 4.78 is 76.3. The molecule has 0 aliphatic carbocycles. The molecule has 1 spiro atoms. The zero-order valence-electron chi connectivity index (χ0n) is 44.6. The van der Waals surface area contributed by atoms with Crippen LogP contribution < -0.4 is 16.8 Å². The van der Waals surface area contributed by atoms with E-state index < -0.39 is 84.3 Å². The van der Waals surface area contributed by atoms with Gasteiger partial charge in [-0.1, -0.05) is 13.2 Å². The van der Waals surface area contributed by atoms with E-state index in [1.54, 1.807) is 7.05 Å². The molecule has 11 rings (SSSR count). The molecule has 10 N–H and O–H groups in total. The van der Waals surface area contributed by atoms with E-state index in [9.17, 15) is 30.3 Å². The van der Waals surface area contributed by atoms with Gasteiger partial charge in [0.15, 0.2) is 5.79 Å². The van der Waals surface area contributed by atoms with E-state index in [-0.39, 0.29) is 105 Å². The van der Waals surface area contributed by atoms with Crippen molar-refractivity contribution >= 4 is 5.97 Å². The van der Waals surface area contributed by atoms with Crippen molar-refractivity contribution in [2.24, 2.45) is 11.5 Å². The lowest BCUT2D eigenvalue weighted by Crippen LogP contribution is -2.68. The fourth-order valence-electron chi connectivity index (χ4n) is 14.7. The molecule has 0 aromatic carbocycles. The van der Waals surface area contributed by atoms with Crippen molar-refractivity contribution in [2.45, 2.75) is 300 Å². The van der Waals surface area contributed by atoms with Crippen LogP contribution in [0.5, 0.6) is 0 Å². The van der Waals surface area contributed by atoms with Crippen LogP contribution in [0.15, 0.2) is 24.3 Å². The maximum absolute atomic E-state index is 13.4. The van der Waals surface area contributed by atoms with Gasteiger partial charge in [-0.2, -0.15) is 0 Å². The first-order chi connectivity index (χ1) is 36.2. The highest BCUT2D eigenvalue weighted by molar-refractivity contribution is 5.70. The zero-order valence-corrected chi connectivity index (χ0v) is 44.6. The molecule has 11 heterocycles. The molecule has 21 heteroatoms. The van der Waals surface area contributed by atoms with Crippen molar-refractivity contribution in [1.29, 1.82) is 0 Å². The largest absolute Gasteiger partial charge is 0.460 e. The summed E-state index contributed by atoms with van der Waals surface area (Å²) in [5.74, 6) is -3.99. The Kier molecular flexibility index (Phi) is 16.6. The van der Waals surface area contributed by atoms with Crippen molar-refractivity contribution in [3.8, 4) is 0 Å². The highest BCUT2D eigenvalue weighted by Crippen LogP contribution is 2.48. The molecule has 0 saturated carbocycles. The molecule has 0 aromatic rings. The van der Waals surface area contributed by atoms with Crippen LogP contribution in [0.1, 0.15) is 136 Å². The third-order valence-corrected chi connectivity index (χ3v) is 19.1. The lowest BCUT2D eigenvalue weighted by molar-refractivity contribution is -0.373. The third-order valence-electron chi connectivity index (χ3n) is 19.1. The molecule has 21 nitrogen and oxygen atoms in total. The van der Waals surface area contributed by atoms with Crippen LogP contribution in [0.25, 0.3) is 0 Å². The molecule has 11 aliphatic heterocycles. The molecule has 5 unspecified atom stereocenters. The highest BCUT2D eigenvalue weighted by Gasteiger charge is 2.61. The molecule has 430 valence electrons. The quantitative estimate of drug-likeness (QED) is 0.0736. The maximum Gasteiger partial charge on any atom is 0.308 e. The smallest absolute Gasteiger partial charge is 0.308 e. The summed E-state index contributed by atoms with van der Waals surface area (Å²) in [6.45, 7) is 12.6. The number of likely N-dealkylation sites (N-methyl/N-ethyl adjacent to an activating group) is 1. The molecule has 11 aliphatic rings. The van der Waals surface area contributed by atoms with Crippen molar-refractivity contribution in [2.75, 3.05) is 13.7 Å². The Labute approximate surface area is 446 Å². The minimum Gasteiger partial charge on any atom is -0.460 e. The number of carbonyl (C=O) groups excluding carboxylic acids is 1. The number of hydrogen-bond donors (Lipinski definition) is 8. The number of esters is 1. The van der Waals surface area contributed by atoms with Gasteiger partial charge in [0.2, 0.25) is 5.79 Å². The van der Waals surface area contributed by atoms with Gasteiger partial charge in [0, 0.05) is 57.0 Å². The molecule has 0 aromatic heterocycles. The normalized spacial score (nSPS) is 51.2. The lowest BCUT2D eigenvalue weighted by Gasteiger charge is -2.55. The van der Waals surface area contributed by atoms with Crippen molar-refractivity contribution in [3.05, 3.63) is 24.3 Å². The number of hydrogen-bond acceptors (Lipinski definition) is 21. The third kappa shape index (κ3) is 11.5. The number of carbonyl (C=O) groups is 1. The molecule has 0 radical (unpaired) electrons. The van der Waals surface area contributed by atoms with Crippen LogP contribution in [-0.2, 0) is 61.6 Å². The van der Waals surface area contributed by atoms with E-state index >= 15 is 0 Å². The molecule has 11 fully saturated rings. The monoisotopic (exact) mass is 1080 g/mol. The van der Waals surface area contributed by atoms with E-state index in [0.29, 0.717) is 77.0 Å². The average Bonchev–Trinajstić information content (AvgIpc) is 4.04. The summed E-state index contributed by atoms with van der Waals surface area (Å²) in [7, 11) is 1.74. The van der Waals surface area contributed by atoms with Gasteiger partial charge in [0.1, 0.15) is 36.2 Å². The first kappa shape index (κ1) is 56.1. The molecular formula is C55H87N3O18. The first-order valence-electron chi connectivity index (χ1n) is 28.7. The van der Waals surface area contributed by atoms with Crippen LogP contribution in [-0.4, -0.2) is 209 Å². The van der Waals surface area contributed by atoms with E-state index in [1.807, 2.05) is 6.92 Å². The number of nitrogens with one attached hydrogen (secondary N) is 1. The Morgan fingerprint density at radius 3 is 2.29 bits per heavy atom. The van der Waals surface area contributed by atoms with Crippen molar-refractivity contribution in [3.63, 3.8) is 0 Å². The summed E-state index contributed by atoms with van der Waals surface area (Å²) in [4.78, 5) is 13.4. The highest BCUT2D eigenvalue weighted by atomic mass is 16.7. The zero-order chi connectivity index (χ0) is 53.4. The Balaban J connectivity index is 0.608. The SMILES string of the molecule is C=C1C[C@H](CC[C@H]2OC([C@H]3C[C@@H](O)[C@H]4O[C@@H](CC(=O)O[C@H]5COC6CC7O[C@@H](C[C@@H]8O[C@@]9(CC[C@@]8(O)NC)C[C@H](N)[C@@H]8O[C@H](C)CC[C@@H]8O9)CC7OC6C5)CC[C@@H]4O3)C(O)(O)[C@H]2O)O[C@H]1CC[C@H]1C[C@@H](N)C(=C)[C@@H](C)O1. The second kappa shape index (κ2) is 22.5. The predicted octanol–water partition coefficient (Wildman–Crippen LogP) is 1.46. The summed E-state index contributed by atoms with van der Waals surface area (Å²) in [5.41, 5.74) is 13.6. The van der Waals surface area contributed by atoms with E-state index in [4.69, 9.17) is 68.3 Å². The van der Waals surface area contributed by atoms with E-state index in [1.165, 1.54) is 0 Å². The summed E-state index contributed by atoms with van der Waals surface area (Å²) in [6.07, 6.45) is -0.857. The standard InChI is InChI=1S/C55H87N3O18/c1-26-16-30(68-38(26)11-7-31-17-35(56)28(3)29(4)67-31)9-13-41-51(61)55(63,64)52(74-41)46-22-37(59)50-39(72-46)12-8-32(71-50)21-48(60)70-34-19-43-42(65-25-34)23-45-44(73-43)18-33(69-45)20-47-54(62,58-5)15-14-53(76-47)24-36(57)49-40(75-53)10-6-27(2)66-49/h27,29-47,49-52,58-59,61-64H,1,3,6-25,56-57H2,2,4-5H3/t27-,29-,30+,31+,32-,33-,34-,35-,36+,37-,38+,39+,40+,41-,42?,43?,44?,45?,46-,47+,49+,50-,51+,52?,53+,54+/m1/s1. The van der Waals surface area contributed by atoms with Crippen molar-refractivity contribution in [1.82, 2.24) is 5.32 Å². The second-order valence-corrected chi connectivity index (χ2v) is 24.6. The minimum atomic E-state index is -2.62. The Morgan fingerprint density at radius 1 is 0.724 bits per heavy atom. The topological polar surface area (TPSA) is 293 Å². The van der Waals surface area contributed by atoms with Gasteiger partial charge in [-0.3, -0.25) is 10.1 Å². The Hall–Kier alpha value is -1.81. The van der Waals surface area contributed by atoms with E-state index in [0.717, 1.165) is 43.3 Å². The van der Waals surface area contributed by atoms with Crippen LogP contribution in [0.2, 0.25) is 0 Å². The first-order valence-corrected chi connectivity index (χ1v) is 28.7. The summed E-state index contributed by atoms with van der Waals surface area (Å²) >= 11 is 0.